The molecule has 23 heavy (non-hydrogen) atoms. The summed E-state index contributed by atoms with van der Waals surface area (Å²) in [5, 5.41) is 15.2. The molecule has 1 aromatic carbocycles. The Morgan fingerprint density at radius 3 is 2.57 bits per heavy atom. The van der Waals surface area contributed by atoms with E-state index in [0.29, 0.717) is 18.9 Å². The first-order chi connectivity index (χ1) is 11.1. The van der Waals surface area contributed by atoms with Gasteiger partial charge in [0.15, 0.2) is 0 Å². The number of carbonyl (C=O) groups excluding carboxylic acids is 1. The predicted octanol–water partition coefficient (Wildman–Crippen LogP) is 2.59. The molecule has 128 valence electrons. The van der Waals surface area contributed by atoms with E-state index >= 15 is 0 Å². The van der Waals surface area contributed by atoms with Crippen LogP contribution in [0.1, 0.15) is 38.5 Å². The van der Waals surface area contributed by atoms with E-state index in [2.05, 4.69) is 10.6 Å². The van der Waals surface area contributed by atoms with E-state index in [0.717, 1.165) is 38.5 Å². The molecule has 1 saturated carbocycles. The fourth-order valence-corrected chi connectivity index (χ4v) is 2.81. The highest BCUT2D eigenvalue weighted by atomic mass is 19.1. The average molecular weight is 324 g/mol. The van der Waals surface area contributed by atoms with Crippen LogP contribution in [0.4, 0.5) is 9.18 Å². The van der Waals surface area contributed by atoms with Gasteiger partial charge in [-0.25, -0.2) is 9.18 Å². The fourth-order valence-electron chi connectivity index (χ4n) is 2.81. The van der Waals surface area contributed by atoms with Gasteiger partial charge in [0.25, 0.3) is 0 Å². The lowest BCUT2D eigenvalue weighted by Gasteiger charge is -2.27. The third-order valence-corrected chi connectivity index (χ3v) is 4.18. The second-order valence-corrected chi connectivity index (χ2v) is 6.04. The number of unbranched alkanes of at least 4 members (excludes halogenated alkanes) is 1. The SMILES string of the molecule is O=C(NCCCCOc1ccc(F)cc1)NC1(CO)CCCC1. The minimum atomic E-state index is -0.435. The first kappa shape index (κ1) is 17.5. The van der Waals surface area contributed by atoms with Crippen LogP contribution in [0, 0.1) is 5.82 Å². The van der Waals surface area contributed by atoms with Crippen molar-refractivity contribution >= 4 is 6.03 Å². The van der Waals surface area contributed by atoms with E-state index in [1.807, 2.05) is 0 Å². The molecule has 0 saturated heterocycles. The molecule has 6 heteroatoms. The zero-order valence-electron chi connectivity index (χ0n) is 13.3. The summed E-state index contributed by atoms with van der Waals surface area (Å²) in [7, 11) is 0. The zero-order chi connectivity index (χ0) is 16.5. The summed E-state index contributed by atoms with van der Waals surface area (Å²) in [6.45, 7) is 1.07. The minimum absolute atomic E-state index is 0.00801. The summed E-state index contributed by atoms with van der Waals surface area (Å²) in [6, 6.07) is 5.69. The summed E-state index contributed by atoms with van der Waals surface area (Å²) in [4.78, 5) is 11.8. The number of ether oxygens (including phenoxy) is 1. The Kier molecular flexibility index (Phi) is 6.65. The number of nitrogens with one attached hydrogen (secondary N) is 2. The molecule has 2 rings (SSSR count). The molecule has 1 aromatic rings. The summed E-state index contributed by atoms with van der Waals surface area (Å²) >= 11 is 0. The van der Waals surface area contributed by atoms with Crippen LogP contribution in [0.25, 0.3) is 0 Å². The first-order valence-corrected chi connectivity index (χ1v) is 8.19. The topological polar surface area (TPSA) is 70.6 Å². The van der Waals surface area contributed by atoms with Crippen molar-refractivity contribution < 1.29 is 19.0 Å². The van der Waals surface area contributed by atoms with E-state index in [1.54, 1.807) is 12.1 Å². The second kappa shape index (κ2) is 8.72. The number of carbonyl (C=O) groups is 1. The molecule has 1 aliphatic rings. The highest BCUT2D eigenvalue weighted by molar-refractivity contribution is 5.74. The maximum Gasteiger partial charge on any atom is 0.315 e. The highest BCUT2D eigenvalue weighted by Gasteiger charge is 2.34. The van der Waals surface area contributed by atoms with Gasteiger partial charge >= 0.3 is 6.03 Å². The summed E-state index contributed by atoms with van der Waals surface area (Å²) in [6.07, 6.45) is 5.34. The van der Waals surface area contributed by atoms with Crippen molar-refractivity contribution in [3.63, 3.8) is 0 Å². The molecule has 0 unspecified atom stereocenters. The Hall–Kier alpha value is -1.82. The standard InChI is InChI=1S/C17H25FN2O3/c18-14-5-7-15(8-6-14)23-12-4-3-11-19-16(22)20-17(13-21)9-1-2-10-17/h5-8,21H,1-4,9-13H2,(H2,19,20,22). The normalized spacial score (nSPS) is 16.1. The predicted molar refractivity (Wildman–Crippen MR) is 85.9 cm³/mol. The number of halogens is 1. The molecule has 3 N–H and O–H groups in total. The largest absolute Gasteiger partial charge is 0.494 e. The number of rotatable bonds is 8. The van der Waals surface area contributed by atoms with Gasteiger partial charge in [-0.3, -0.25) is 0 Å². The van der Waals surface area contributed by atoms with Gasteiger partial charge in [0.2, 0.25) is 0 Å². The van der Waals surface area contributed by atoms with Crippen LogP contribution in [0.2, 0.25) is 0 Å². The van der Waals surface area contributed by atoms with Crippen molar-refractivity contribution in [2.45, 2.75) is 44.1 Å². The summed E-state index contributed by atoms with van der Waals surface area (Å²) in [5.74, 6) is 0.360. The van der Waals surface area contributed by atoms with Gasteiger partial charge < -0.3 is 20.5 Å². The van der Waals surface area contributed by atoms with Gasteiger partial charge in [0.1, 0.15) is 11.6 Å². The van der Waals surface area contributed by atoms with Gasteiger partial charge in [0.05, 0.1) is 18.8 Å². The lowest BCUT2D eigenvalue weighted by atomic mass is 9.99. The summed E-state index contributed by atoms with van der Waals surface area (Å²) in [5.41, 5.74) is -0.435. The maximum absolute atomic E-state index is 12.7. The van der Waals surface area contributed by atoms with Crippen LogP contribution in [-0.2, 0) is 0 Å². The van der Waals surface area contributed by atoms with Crippen molar-refractivity contribution in [1.82, 2.24) is 10.6 Å². The lowest BCUT2D eigenvalue weighted by Crippen LogP contribution is -2.52. The van der Waals surface area contributed by atoms with E-state index < -0.39 is 5.54 Å². The smallest absolute Gasteiger partial charge is 0.315 e. The highest BCUT2D eigenvalue weighted by Crippen LogP contribution is 2.28. The van der Waals surface area contributed by atoms with Crippen molar-refractivity contribution in [2.24, 2.45) is 0 Å². The van der Waals surface area contributed by atoms with Crippen molar-refractivity contribution in [3.05, 3.63) is 30.1 Å². The number of urea groups is 1. The molecule has 5 nitrogen and oxygen atoms in total. The first-order valence-electron chi connectivity index (χ1n) is 8.19. The fraction of sp³-hybridized carbons (Fsp3) is 0.588. The molecule has 0 aromatic heterocycles. The Morgan fingerprint density at radius 1 is 1.22 bits per heavy atom. The van der Waals surface area contributed by atoms with Crippen LogP contribution in [0.15, 0.2) is 24.3 Å². The molecule has 0 atom stereocenters. The van der Waals surface area contributed by atoms with E-state index in [-0.39, 0.29) is 18.5 Å². The Morgan fingerprint density at radius 2 is 1.91 bits per heavy atom. The van der Waals surface area contributed by atoms with Crippen LogP contribution in [-0.4, -0.2) is 36.4 Å². The number of benzene rings is 1. The Bertz CT molecular complexity index is 487. The second-order valence-electron chi connectivity index (χ2n) is 6.04. The molecule has 0 heterocycles. The number of hydrogen-bond acceptors (Lipinski definition) is 3. The molecule has 2 amide bonds. The lowest BCUT2D eigenvalue weighted by molar-refractivity contribution is 0.163. The molecule has 0 spiro atoms. The van der Waals surface area contributed by atoms with E-state index in [9.17, 15) is 14.3 Å². The monoisotopic (exact) mass is 324 g/mol. The Balaban J connectivity index is 1.54. The number of hydrogen-bond donors (Lipinski definition) is 3. The Labute approximate surface area is 136 Å². The number of amides is 2. The molecular formula is C17H25FN2O3. The van der Waals surface area contributed by atoms with Crippen LogP contribution in [0.5, 0.6) is 5.75 Å². The zero-order valence-corrected chi connectivity index (χ0v) is 13.3. The van der Waals surface area contributed by atoms with Gasteiger partial charge in [-0.05, 0) is 49.9 Å². The van der Waals surface area contributed by atoms with E-state index in [4.69, 9.17) is 4.74 Å². The number of aliphatic hydroxyl groups is 1. The van der Waals surface area contributed by atoms with E-state index in [1.165, 1.54) is 12.1 Å². The van der Waals surface area contributed by atoms with Crippen LogP contribution >= 0.6 is 0 Å². The van der Waals surface area contributed by atoms with Gasteiger partial charge in [-0.1, -0.05) is 12.8 Å². The minimum Gasteiger partial charge on any atom is -0.494 e. The van der Waals surface area contributed by atoms with Crippen molar-refractivity contribution in [2.75, 3.05) is 19.8 Å². The third kappa shape index (κ3) is 5.71. The van der Waals surface area contributed by atoms with Gasteiger partial charge in [-0.2, -0.15) is 0 Å². The molecular weight excluding hydrogens is 299 g/mol. The molecule has 0 aliphatic heterocycles. The third-order valence-electron chi connectivity index (χ3n) is 4.18. The molecule has 0 radical (unpaired) electrons. The van der Waals surface area contributed by atoms with Crippen molar-refractivity contribution in [1.29, 1.82) is 0 Å². The number of aliphatic hydroxyl groups excluding tert-OH is 1. The van der Waals surface area contributed by atoms with Crippen LogP contribution < -0.4 is 15.4 Å². The molecule has 1 fully saturated rings. The van der Waals surface area contributed by atoms with Gasteiger partial charge in [0, 0.05) is 6.54 Å². The van der Waals surface area contributed by atoms with Gasteiger partial charge in [-0.15, -0.1) is 0 Å². The van der Waals surface area contributed by atoms with Crippen molar-refractivity contribution in [3.8, 4) is 5.75 Å². The molecule has 0 bridgehead atoms. The quantitative estimate of drug-likeness (QED) is 0.644. The summed E-state index contributed by atoms with van der Waals surface area (Å²) < 4.78 is 18.2. The average Bonchev–Trinajstić information content (AvgIpc) is 3.01. The molecule has 1 aliphatic carbocycles. The maximum atomic E-state index is 12.7. The van der Waals surface area contributed by atoms with Crippen LogP contribution in [0.3, 0.4) is 0 Å².